The van der Waals surface area contributed by atoms with Crippen molar-refractivity contribution in [3.63, 3.8) is 0 Å². The van der Waals surface area contributed by atoms with Crippen LogP contribution in [0, 0.1) is 11.3 Å². The highest BCUT2D eigenvalue weighted by molar-refractivity contribution is 6.00. The molecule has 308 valence electrons. The minimum atomic E-state index is -0.0591. The van der Waals surface area contributed by atoms with Crippen molar-refractivity contribution in [1.29, 1.82) is 0 Å². The molecule has 0 fully saturated rings. The van der Waals surface area contributed by atoms with E-state index in [0.717, 1.165) is 37.9 Å². The van der Waals surface area contributed by atoms with Gasteiger partial charge in [-0.05, 0) is 130 Å². The third-order valence-corrected chi connectivity index (χ3v) is 13.2. The number of aromatic nitrogens is 1. The molecule has 2 unspecified atom stereocenters. The quantitative estimate of drug-likeness (QED) is 0.129. The van der Waals surface area contributed by atoms with Gasteiger partial charge in [-0.1, -0.05) is 190 Å². The zero-order chi connectivity index (χ0) is 42.6. The number of benzene rings is 6. The van der Waals surface area contributed by atoms with E-state index in [1.165, 1.54) is 83.5 Å². The topological polar surface area (TPSA) is 17.0 Å². The smallest absolute Gasteiger partial charge is 0.0538 e. The van der Waals surface area contributed by atoms with Gasteiger partial charge in [0.1, 0.15) is 0 Å². The Hall–Kier alpha value is -7.16. The maximum absolute atomic E-state index is 3.68. The van der Waals surface area contributed by atoms with Crippen LogP contribution >= 0.6 is 0 Å². The van der Waals surface area contributed by atoms with E-state index in [1.54, 1.807) is 0 Å². The third kappa shape index (κ3) is 8.55. The lowest BCUT2D eigenvalue weighted by molar-refractivity contribution is 0.529. The Morgan fingerprint density at radius 3 is 2.10 bits per heavy atom. The van der Waals surface area contributed by atoms with Gasteiger partial charge in [0.15, 0.2) is 0 Å². The van der Waals surface area contributed by atoms with Crippen LogP contribution in [0.1, 0.15) is 61.1 Å². The Morgan fingerprint density at radius 2 is 1.40 bits per heavy atom. The van der Waals surface area contributed by atoms with Crippen LogP contribution in [0.4, 0.5) is 5.69 Å². The van der Waals surface area contributed by atoms with Crippen LogP contribution < -0.4 is 5.32 Å². The SMILES string of the molecule is CC1C=CC(c2ccc(/C=C\C(=C/CNc3ccc(-c4ccc(-n5c6c(c7cc(-c8ccccc8)ccc75)C=C(c5ccccc5)CC6)cc4)cc3)C3(C)C=CC=CC3)cc2)=CC1. The lowest BCUT2D eigenvalue weighted by atomic mass is 9.76. The molecule has 0 saturated carbocycles. The highest BCUT2D eigenvalue weighted by Crippen LogP contribution is 2.41. The Labute approximate surface area is 373 Å². The molecule has 2 atom stereocenters. The summed E-state index contributed by atoms with van der Waals surface area (Å²) < 4.78 is 2.50. The summed E-state index contributed by atoms with van der Waals surface area (Å²) >= 11 is 0. The fraction of sp³-hybridized carbons (Fsp3) is 0.148. The molecule has 0 saturated heterocycles. The van der Waals surface area contributed by atoms with Crippen molar-refractivity contribution >= 4 is 39.9 Å². The average molecular weight is 815 g/mol. The van der Waals surface area contributed by atoms with E-state index in [0.29, 0.717) is 5.92 Å². The fourth-order valence-electron chi connectivity index (χ4n) is 9.47. The molecule has 3 aliphatic rings. The second kappa shape index (κ2) is 17.7. The van der Waals surface area contributed by atoms with Crippen molar-refractivity contribution in [2.75, 3.05) is 11.9 Å². The van der Waals surface area contributed by atoms with Gasteiger partial charge < -0.3 is 9.88 Å². The van der Waals surface area contributed by atoms with Crippen LogP contribution in [0.25, 0.3) is 62.1 Å². The number of nitrogens with zero attached hydrogens (tertiary/aromatic N) is 1. The molecule has 2 nitrogen and oxygen atoms in total. The van der Waals surface area contributed by atoms with E-state index in [-0.39, 0.29) is 5.41 Å². The predicted octanol–water partition coefficient (Wildman–Crippen LogP) is 16.0. The normalized spacial score (nSPS) is 18.4. The molecule has 7 aromatic rings. The van der Waals surface area contributed by atoms with E-state index in [1.807, 2.05) is 0 Å². The number of fused-ring (bicyclic) bond motifs is 3. The Kier molecular flexibility index (Phi) is 11.2. The van der Waals surface area contributed by atoms with Gasteiger partial charge >= 0.3 is 0 Å². The largest absolute Gasteiger partial charge is 0.382 e. The monoisotopic (exact) mass is 814 g/mol. The van der Waals surface area contributed by atoms with Gasteiger partial charge in [0, 0.05) is 40.0 Å². The van der Waals surface area contributed by atoms with Gasteiger partial charge in [0.05, 0.1) is 5.52 Å². The van der Waals surface area contributed by atoms with Crippen LogP contribution in [0.3, 0.4) is 0 Å². The molecule has 0 aliphatic heterocycles. The van der Waals surface area contributed by atoms with Crippen LogP contribution in [0.2, 0.25) is 0 Å². The van der Waals surface area contributed by atoms with Gasteiger partial charge in [-0.15, -0.1) is 0 Å². The summed E-state index contributed by atoms with van der Waals surface area (Å²) in [5, 5.41) is 4.99. The molecule has 1 heterocycles. The first-order valence-electron chi connectivity index (χ1n) is 22.6. The number of anilines is 1. The lowest BCUT2D eigenvalue weighted by Crippen LogP contribution is -2.17. The number of rotatable bonds is 11. The van der Waals surface area contributed by atoms with Crippen molar-refractivity contribution in [3.05, 3.63) is 240 Å². The minimum absolute atomic E-state index is 0.0591. The molecule has 1 N–H and O–H groups in total. The summed E-state index contributed by atoms with van der Waals surface area (Å²) in [4.78, 5) is 0. The van der Waals surface area contributed by atoms with E-state index in [4.69, 9.17) is 0 Å². The number of nitrogens with one attached hydrogen (secondary N) is 1. The minimum Gasteiger partial charge on any atom is -0.382 e. The van der Waals surface area contributed by atoms with Crippen LogP contribution in [-0.4, -0.2) is 11.1 Å². The maximum atomic E-state index is 3.68. The third-order valence-electron chi connectivity index (χ3n) is 13.2. The molecule has 3 aliphatic carbocycles. The standard InChI is InChI=1S/C61H54N2/c1-44-16-21-48(22-17-44)49-23-18-45(19-24-49)20-31-54(61(2)39-10-5-11-40-61)38-41-62-55-32-25-50(26-33-55)51-27-34-56(35-28-51)63-59-36-29-52(46-12-6-3-7-13-46)42-57(59)58-43-53(30-37-60(58)63)47-14-8-4-9-15-47/h3-16,18-29,31-36,38-39,42-44,62H,17,30,37,40-41H2,1-2H3/b31-20-,54-38+. The Bertz CT molecular complexity index is 2970. The van der Waals surface area contributed by atoms with Crippen molar-refractivity contribution in [2.24, 2.45) is 11.3 Å². The molecule has 0 bridgehead atoms. The van der Waals surface area contributed by atoms with E-state index >= 15 is 0 Å². The maximum Gasteiger partial charge on any atom is 0.0538 e. The summed E-state index contributed by atoms with van der Waals surface area (Å²) in [5.41, 5.74) is 18.9. The predicted molar refractivity (Wildman–Crippen MR) is 271 cm³/mol. The summed E-state index contributed by atoms with van der Waals surface area (Å²) in [5.74, 6) is 0.622. The van der Waals surface area contributed by atoms with E-state index in [2.05, 4.69) is 242 Å². The second-order valence-corrected chi connectivity index (χ2v) is 17.6. The lowest BCUT2D eigenvalue weighted by Gasteiger charge is -2.28. The molecule has 1 aromatic heterocycles. The summed E-state index contributed by atoms with van der Waals surface area (Å²) in [7, 11) is 0. The first-order valence-corrected chi connectivity index (χ1v) is 22.6. The molecule has 0 radical (unpaired) electrons. The second-order valence-electron chi connectivity index (χ2n) is 17.6. The zero-order valence-electron chi connectivity index (χ0n) is 36.3. The highest BCUT2D eigenvalue weighted by atomic mass is 15.0. The van der Waals surface area contributed by atoms with Crippen LogP contribution in [0.15, 0.2) is 212 Å². The molecular weight excluding hydrogens is 761 g/mol. The Morgan fingerprint density at radius 1 is 0.714 bits per heavy atom. The fourth-order valence-corrected chi connectivity index (χ4v) is 9.47. The molecular formula is C61H54N2. The van der Waals surface area contributed by atoms with Crippen molar-refractivity contribution in [1.82, 2.24) is 4.57 Å². The first kappa shape index (κ1) is 39.9. The first-order chi connectivity index (χ1) is 31.0. The van der Waals surface area contributed by atoms with Crippen molar-refractivity contribution in [3.8, 4) is 27.9 Å². The molecule has 6 aromatic carbocycles. The van der Waals surface area contributed by atoms with Gasteiger partial charge in [0.25, 0.3) is 0 Å². The summed E-state index contributed by atoms with van der Waals surface area (Å²) in [6.07, 6.45) is 29.3. The van der Waals surface area contributed by atoms with Gasteiger partial charge in [0.2, 0.25) is 0 Å². The number of hydrogen-bond donors (Lipinski definition) is 1. The average Bonchev–Trinajstić information content (AvgIpc) is 3.67. The van der Waals surface area contributed by atoms with Gasteiger partial charge in [-0.2, -0.15) is 0 Å². The van der Waals surface area contributed by atoms with Gasteiger partial charge in [-0.3, -0.25) is 0 Å². The van der Waals surface area contributed by atoms with Crippen LogP contribution in [0.5, 0.6) is 0 Å². The van der Waals surface area contributed by atoms with Crippen molar-refractivity contribution in [2.45, 2.75) is 39.5 Å². The number of hydrogen-bond acceptors (Lipinski definition) is 1. The molecule has 63 heavy (non-hydrogen) atoms. The zero-order valence-corrected chi connectivity index (χ0v) is 36.3. The summed E-state index contributed by atoms with van der Waals surface area (Å²) in [6, 6.07) is 55.5. The van der Waals surface area contributed by atoms with E-state index in [9.17, 15) is 0 Å². The number of allylic oxidation sites excluding steroid dienone is 11. The Balaban J connectivity index is 0.867. The van der Waals surface area contributed by atoms with Crippen molar-refractivity contribution < 1.29 is 0 Å². The highest BCUT2D eigenvalue weighted by Gasteiger charge is 2.25. The van der Waals surface area contributed by atoms with Crippen LogP contribution in [-0.2, 0) is 6.42 Å². The molecule has 10 rings (SSSR count). The molecule has 0 amide bonds. The molecule has 0 spiro atoms. The van der Waals surface area contributed by atoms with Gasteiger partial charge in [-0.25, -0.2) is 0 Å². The molecule has 2 heteroatoms. The van der Waals surface area contributed by atoms with E-state index < -0.39 is 0 Å². The summed E-state index contributed by atoms with van der Waals surface area (Å²) in [6.45, 7) is 5.34.